The van der Waals surface area contributed by atoms with Crippen LogP contribution in [-0.2, 0) is 0 Å². The second-order valence-corrected chi connectivity index (χ2v) is 5.14. The lowest BCUT2D eigenvalue weighted by Gasteiger charge is -2.34. The minimum absolute atomic E-state index is 0.114. The van der Waals surface area contributed by atoms with Gasteiger partial charge in [-0.1, -0.05) is 6.92 Å². The third-order valence-corrected chi connectivity index (χ3v) is 3.55. The molecule has 22 heavy (non-hydrogen) atoms. The van der Waals surface area contributed by atoms with Crippen molar-refractivity contribution in [3.63, 3.8) is 0 Å². The molecule has 1 aliphatic heterocycles. The number of benzene rings is 1. The summed E-state index contributed by atoms with van der Waals surface area (Å²) in [7, 11) is 0. The number of nitrogens with zero attached hydrogens (tertiary/aromatic N) is 2. The van der Waals surface area contributed by atoms with Crippen molar-refractivity contribution in [1.29, 1.82) is 0 Å². The van der Waals surface area contributed by atoms with Gasteiger partial charge in [-0.05, 0) is 24.6 Å². The number of amides is 3. The first-order valence-electron chi connectivity index (χ1n) is 7.30. The zero-order valence-electron chi connectivity index (χ0n) is 12.4. The normalized spacial score (nSPS) is 14.9. The van der Waals surface area contributed by atoms with E-state index in [2.05, 4.69) is 5.32 Å². The fourth-order valence-electron chi connectivity index (χ4n) is 2.27. The Morgan fingerprint density at radius 1 is 1.09 bits per heavy atom. The Kier molecular flexibility index (Phi) is 5.30. The zero-order valence-corrected chi connectivity index (χ0v) is 12.4. The van der Waals surface area contributed by atoms with E-state index in [1.807, 2.05) is 6.92 Å². The molecule has 0 unspecified atom stereocenters. The Bertz CT molecular complexity index is 558. The molecule has 1 fully saturated rings. The zero-order chi connectivity index (χ0) is 16.1. The summed E-state index contributed by atoms with van der Waals surface area (Å²) in [6, 6.07) is 2.97. The number of carbonyl (C=O) groups excluding carboxylic acids is 2. The van der Waals surface area contributed by atoms with Crippen LogP contribution in [0.4, 0.5) is 13.6 Å². The average molecular weight is 311 g/mol. The Labute approximate surface area is 127 Å². The summed E-state index contributed by atoms with van der Waals surface area (Å²) < 4.78 is 26.1. The molecule has 0 radical (unpaired) electrons. The van der Waals surface area contributed by atoms with Crippen LogP contribution in [0, 0.1) is 11.6 Å². The molecule has 0 saturated carbocycles. The van der Waals surface area contributed by atoms with Gasteiger partial charge in [0, 0.05) is 38.3 Å². The quantitative estimate of drug-likeness (QED) is 0.926. The highest BCUT2D eigenvalue weighted by Crippen LogP contribution is 2.13. The van der Waals surface area contributed by atoms with Crippen LogP contribution in [0.25, 0.3) is 0 Å². The number of rotatable bonds is 3. The van der Waals surface area contributed by atoms with Gasteiger partial charge in [0.05, 0.1) is 0 Å². The van der Waals surface area contributed by atoms with Crippen LogP contribution in [0.5, 0.6) is 0 Å². The summed E-state index contributed by atoms with van der Waals surface area (Å²) in [6.07, 6.45) is 0.861. The standard InChI is InChI=1S/C15H19F2N3O2/c1-2-5-18-15(22)20-8-6-19(7-9-20)14(21)11-3-4-12(16)13(17)10-11/h3-4,10H,2,5-9H2,1H3,(H,18,22). The van der Waals surface area contributed by atoms with Gasteiger partial charge in [-0.15, -0.1) is 0 Å². The van der Waals surface area contributed by atoms with E-state index in [0.717, 1.165) is 18.6 Å². The number of hydrogen-bond donors (Lipinski definition) is 1. The monoisotopic (exact) mass is 311 g/mol. The van der Waals surface area contributed by atoms with E-state index in [9.17, 15) is 18.4 Å². The minimum Gasteiger partial charge on any atom is -0.338 e. The number of carbonyl (C=O) groups is 2. The Hall–Kier alpha value is -2.18. The van der Waals surface area contributed by atoms with Gasteiger partial charge in [-0.2, -0.15) is 0 Å². The summed E-state index contributed by atoms with van der Waals surface area (Å²) in [4.78, 5) is 27.2. The maximum absolute atomic E-state index is 13.2. The molecule has 120 valence electrons. The molecule has 0 spiro atoms. The summed E-state index contributed by atoms with van der Waals surface area (Å²) in [5, 5.41) is 2.78. The lowest BCUT2D eigenvalue weighted by atomic mass is 10.1. The van der Waals surface area contributed by atoms with Crippen LogP contribution < -0.4 is 5.32 Å². The summed E-state index contributed by atoms with van der Waals surface area (Å²) >= 11 is 0. The smallest absolute Gasteiger partial charge is 0.317 e. The second kappa shape index (κ2) is 7.20. The number of piperazine rings is 1. The van der Waals surface area contributed by atoms with Crippen molar-refractivity contribution in [1.82, 2.24) is 15.1 Å². The number of urea groups is 1. The SMILES string of the molecule is CCCNC(=O)N1CCN(C(=O)c2ccc(F)c(F)c2)CC1. The Morgan fingerprint density at radius 2 is 1.73 bits per heavy atom. The van der Waals surface area contributed by atoms with E-state index in [1.54, 1.807) is 4.90 Å². The maximum Gasteiger partial charge on any atom is 0.317 e. The van der Waals surface area contributed by atoms with Gasteiger partial charge in [0.1, 0.15) is 0 Å². The fourth-order valence-corrected chi connectivity index (χ4v) is 2.27. The molecule has 0 aromatic heterocycles. The first-order chi connectivity index (χ1) is 10.5. The van der Waals surface area contributed by atoms with Crippen LogP contribution in [0.1, 0.15) is 23.7 Å². The third-order valence-electron chi connectivity index (χ3n) is 3.55. The number of nitrogens with one attached hydrogen (secondary N) is 1. The molecular formula is C15H19F2N3O2. The molecule has 3 amide bonds. The van der Waals surface area contributed by atoms with Crippen LogP contribution in [0.3, 0.4) is 0 Å². The lowest BCUT2D eigenvalue weighted by molar-refractivity contribution is 0.0664. The van der Waals surface area contributed by atoms with Crippen molar-refractivity contribution >= 4 is 11.9 Å². The molecule has 5 nitrogen and oxygen atoms in total. The third kappa shape index (κ3) is 3.72. The van der Waals surface area contributed by atoms with Gasteiger partial charge >= 0.3 is 6.03 Å². The van der Waals surface area contributed by atoms with Crippen molar-refractivity contribution in [3.05, 3.63) is 35.4 Å². The average Bonchev–Trinajstić information content (AvgIpc) is 2.54. The first-order valence-corrected chi connectivity index (χ1v) is 7.30. The predicted octanol–water partition coefficient (Wildman–Crippen LogP) is 1.84. The van der Waals surface area contributed by atoms with Crippen LogP contribution in [0.15, 0.2) is 18.2 Å². The van der Waals surface area contributed by atoms with Gasteiger partial charge < -0.3 is 15.1 Å². The largest absolute Gasteiger partial charge is 0.338 e. The Balaban J connectivity index is 1.92. The topological polar surface area (TPSA) is 52.7 Å². The number of halogens is 2. The molecule has 1 saturated heterocycles. The van der Waals surface area contributed by atoms with Crippen LogP contribution in [0.2, 0.25) is 0 Å². The molecule has 1 aromatic carbocycles. The van der Waals surface area contributed by atoms with E-state index >= 15 is 0 Å². The van der Waals surface area contributed by atoms with Crippen molar-refractivity contribution in [2.24, 2.45) is 0 Å². The molecule has 1 aromatic rings. The van der Waals surface area contributed by atoms with Crippen molar-refractivity contribution in [2.75, 3.05) is 32.7 Å². The second-order valence-electron chi connectivity index (χ2n) is 5.14. The summed E-state index contributed by atoms with van der Waals surface area (Å²) in [5.74, 6) is -2.37. The highest BCUT2D eigenvalue weighted by atomic mass is 19.2. The molecule has 2 rings (SSSR count). The molecule has 0 atom stereocenters. The van der Waals surface area contributed by atoms with E-state index in [4.69, 9.17) is 0 Å². The molecule has 0 aliphatic carbocycles. The highest BCUT2D eigenvalue weighted by molar-refractivity contribution is 5.94. The molecule has 1 N–H and O–H groups in total. The predicted molar refractivity (Wildman–Crippen MR) is 77.5 cm³/mol. The van der Waals surface area contributed by atoms with Crippen molar-refractivity contribution in [2.45, 2.75) is 13.3 Å². The fraction of sp³-hybridized carbons (Fsp3) is 0.467. The van der Waals surface area contributed by atoms with Crippen LogP contribution >= 0.6 is 0 Å². The molecule has 0 bridgehead atoms. The van der Waals surface area contributed by atoms with Gasteiger partial charge in [-0.25, -0.2) is 13.6 Å². The molecule has 1 heterocycles. The van der Waals surface area contributed by atoms with E-state index in [-0.39, 0.29) is 17.5 Å². The lowest BCUT2D eigenvalue weighted by Crippen LogP contribution is -2.53. The van der Waals surface area contributed by atoms with Gasteiger partial charge in [0.15, 0.2) is 11.6 Å². The molecular weight excluding hydrogens is 292 g/mol. The van der Waals surface area contributed by atoms with Gasteiger partial charge in [0.2, 0.25) is 0 Å². The van der Waals surface area contributed by atoms with Gasteiger partial charge in [-0.3, -0.25) is 4.79 Å². The highest BCUT2D eigenvalue weighted by Gasteiger charge is 2.25. The van der Waals surface area contributed by atoms with E-state index in [1.165, 1.54) is 11.0 Å². The molecule has 7 heteroatoms. The number of hydrogen-bond acceptors (Lipinski definition) is 2. The Morgan fingerprint density at radius 3 is 2.32 bits per heavy atom. The van der Waals surface area contributed by atoms with Crippen LogP contribution in [-0.4, -0.2) is 54.5 Å². The van der Waals surface area contributed by atoms with E-state index < -0.39 is 11.6 Å². The molecule has 1 aliphatic rings. The summed E-state index contributed by atoms with van der Waals surface area (Å²) in [6.45, 7) is 4.18. The van der Waals surface area contributed by atoms with E-state index in [0.29, 0.717) is 32.7 Å². The minimum atomic E-state index is -1.04. The maximum atomic E-state index is 13.2. The van der Waals surface area contributed by atoms with Crippen molar-refractivity contribution < 1.29 is 18.4 Å². The summed E-state index contributed by atoms with van der Waals surface area (Å²) in [5.41, 5.74) is 0.114. The first kappa shape index (κ1) is 16.2. The van der Waals surface area contributed by atoms with Crippen molar-refractivity contribution in [3.8, 4) is 0 Å². The van der Waals surface area contributed by atoms with Gasteiger partial charge in [0.25, 0.3) is 5.91 Å².